The SMILES string of the molecule is CCc1ccc([SiH2][Si](C)(C)C)cc1. The van der Waals surface area contributed by atoms with Crippen molar-refractivity contribution in [3.8, 4) is 0 Å². The van der Waals surface area contributed by atoms with Crippen LogP contribution in [0.2, 0.25) is 19.6 Å². The smallest absolute Gasteiger partial charge is 0.0491 e. The Labute approximate surface area is 85.0 Å². The Morgan fingerprint density at radius 1 is 1.08 bits per heavy atom. The number of hydrogen-bond donors (Lipinski definition) is 0. The summed E-state index contributed by atoms with van der Waals surface area (Å²) in [7, 11) is -0.745. The lowest BCUT2D eigenvalue weighted by Gasteiger charge is -2.14. The zero-order chi connectivity index (χ0) is 9.90. The fraction of sp³-hybridized carbons (Fsp3) is 0.455. The van der Waals surface area contributed by atoms with Gasteiger partial charge in [-0.25, -0.2) is 0 Å². The lowest BCUT2D eigenvalue weighted by atomic mass is 10.2. The molecule has 0 aliphatic heterocycles. The number of hydrogen-bond acceptors (Lipinski definition) is 0. The van der Waals surface area contributed by atoms with Gasteiger partial charge in [-0.05, 0) is 12.0 Å². The highest BCUT2D eigenvalue weighted by atomic mass is 29.2. The molecular weight excluding hydrogens is 188 g/mol. The fourth-order valence-electron chi connectivity index (χ4n) is 1.51. The van der Waals surface area contributed by atoms with Crippen molar-refractivity contribution >= 4 is 21.8 Å². The van der Waals surface area contributed by atoms with E-state index in [4.69, 9.17) is 0 Å². The molecular formula is C11H20Si2. The van der Waals surface area contributed by atoms with Crippen LogP contribution in [0.4, 0.5) is 0 Å². The Morgan fingerprint density at radius 2 is 1.62 bits per heavy atom. The van der Waals surface area contributed by atoms with Crippen LogP contribution in [0.1, 0.15) is 12.5 Å². The van der Waals surface area contributed by atoms with Gasteiger partial charge < -0.3 is 0 Å². The minimum absolute atomic E-state index is 0.0422. The molecule has 0 amide bonds. The van der Waals surface area contributed by atoms with Gasteiger partial charge in [0.2, 0.25) is 0 Å². The van der Waals surface area contributed by atoms with Gasteiger partial charge in [0.25, 0.3) is 0 Å². The molecule has 0 saturated carbocycles. The molecule has 0 aliphatic carbocycles. The Kier molecular flexibility index (Phi) is 3.50. The van der Waals surface area contributed by atoms with E-state index in [9.17, 15) is 0 Å². The Balaban J connectivity index is 2.70. The van der Waals surface area contributed by atoms with Crippen molar-refractivity contribution in [3.05, 3.63) is 29.8 Å². The third kappa shape index (κ3) is 3.92. The summed E-state index contributed by atoms with van der Waals surface area (Å²) in [5.74, 6) is 0. The summed E-state index contributed by atoms with van der Waals surface area (Å²) in [5.41, 5.74) is 1.47. The predicted molar refractivity (Wildman–Crippen MR) is 67.3 cm³/mol. The second kappa shape index (κ2) is 4.24. The van der Waals surface area contributed by atoms with Crippen molar-refractivity contribution in [3.63, 3.8) is 0 Å². The predicted octanol–water partition coefficient (Wildman–Crippen LogP) is 1.88. The Hall–Kier alpha value is -0.346. The van der Waals surface area contributed by atoms with Gasteiger partial charge in [-0.3, -0.25) is 0 Å². The summed E-state index contributed by atoms with van der Waals surface area (Å²) < 4.78 is 0. The van der Waals surface area contributed by atoms with Gasteiger partial charge in [-0.1, -0.05) is 56.0 Å². The average molecular weight is 208 g/mol. The summed E-state index contributed by atoms with van der Waals surface area (Å²) in [4.78, 5) is 0. The molecule has 0 nitrogen and oxygen atoms in total. The van der Waals surface area contributed by atoms with Gasteiger partial charge in [0.05, 0.1) is 0 Å². The molecule has 0 unspecified atom stereocenters. The van der Waals surface area contributed by atoms with Crippen LogP contribution in [0.3, 0.4) is 0 Å². The Morgan fingerprint density at radius 3 is 2.00 bits per heavy atom. The molecule has 0 fully saturated rings. The van der Waals surface area contributed by atoms with E-state index in [0.717, 1.165) is 6.42 Å². The molecule has 0 atom stereocenters. The van der Waals surface area contributed by atoms with Crippen molar-refractivity contribution in [1.29, 1.82) is 0 Å². The third-order valence-corrected chi connectivity index (χ3v) is 8.51. The van der Waals surface area contributed by atoms with E-state index in [1.165, 1.54) is 5.56 Å². The van der Waals surface area contributed by atoms with Crippen molar-refractivity contribution in [2.75, 3.05) is 0 Å². The molecule has 0 radical (unpaired) electrons. The minimum atomic E-state index is -0.787. The van der Waals surface area contributed by atoms with Gasteiger partial charge in [0.15, 0.2) is 0 Å². The number of rotatable bonds is 3. The normalized spacial score (nSPS) is 12.6. The third-order valence-electron chi connectivity index (χ3n) is 2.17. The first-order valence-corrected chi connectivity index (χ1v) is 11.6. The van der Waals surface area contributed by atoms with Crippen LogP contribution in [0, 0.1) is 0 Å². The van der Waals surface area contributed by atoms with E-state index < -0.39 is 7.59 Å². The molecule has 13 heavy (non-hydrogen) atoms. The van der Waals surface area contributed by atoms with Gasteiger partial charge in [0, 0.05) is 16.6 Å². The topological polar surface area (TPSA) is 0 Å². The zero-order valence-electron chi connectivity index (χ0n) is 9.22. The van der Waals surface area contributed by atoms with Crippen molar-refractivity contribution < 1.29 is 0 Å². The maximum atomic E-state index is 2.48. The highest BCUT2D eigenvalue weighted by molar-refractivity contribution is 7.27. The minimum Gasteiger partial charge on any atom is -0.0717 e. The molecule has 1 aromatic carbocycles. The van der Waals surface area contributed by atoms with Crippen molar-refractivity contribution in [2.24, 2.45) is 0 Å². The van der Waals surface area contributed by atoms with E-state index in [0.29, 0.717) is 0 Å². The van der Waals surface area contributed by atoms with Gasteiger partial charge in [0.1, 0.15) is 0 Å². The quantitative estimate of drug-likeness (QED) is 0.666. The van der Waals surface area contributed by atoms with Gasteiger partial charge >= 0.3 is 0 Å². The summed E-state index contributed by atoms with van der Waals surface area (Å²) in [5, 5.41) is 1.65. The number of aryl methyl sites for hydroxylation is 1. The average Bonchev–Trinajstić information content (AvgIpc) is 2.03. The standard InChI is InChI=1S/C11H20Si2/c1-5-10-6-8-11(9-7-10)12-13(2,3)4/h6-9H,5,12H2,1-4H3. The van der Waals surface area contributed by atoms with E-state index in [-0.39, 0.29) is 9.04 Å². The first-order valence-electron chi connectivity index (χ1n) is 5.09. The molecule has 0 spiro atoms. The molecule has 2 heteroatoms. The first-order chi connectivity index (χ1) is 6.01. The first kappa shape index (κ1) is 10.7. The van der Waals surface area contributed by atoms with E-state index >= 15 is 0 Å². The second-order valence-electron chi connectivity index (χ2n) is 4.91. The van der Waals surface area contributed by atoms with Crippen molar-refractivity contribution in [2.45, 2.75) is 33.0 Å². The summed E-state index contributed by atoms with van der Waals surface area (Å²) in [6.07, 6.45) is 1.16. The highest BCUT2D eigenvalue weighted by Crippen LogP contribution is 2.00. The molecule has 1 aromatic rings. The van der Waals surface area contributed by atoms with Crippen LogP contribution >= 0.6 is 0 Å². The fourth-order valence-corrected chi connectivity index (χ4v) is 7.58. The van der Waals surface area contributed by atoms with E-state index in [1.807, 2.05) is 0 Å². The van der Waals surface area contributed by atoms with Gasteiger partial charge in [-0.2, -0.15) is 0 Å². The lowest BCUT2D eigenvalue weighted by molar-refractivity contribution is 1.14. The summed E-state index contributed by atoms with van der Waals surface area (Å²) >= 11 is 0. The summed E-state index contributed by atoms with van der Waals surface area (Å²) in [6.45, 7) is 9.65. The molecule has 0 aliphatic rings. The molecule has 0 saturated heterocycles. The van der Waals surface area contributed by atoms with Crippen LogP contribution in [-0.2, 0) is 6.42 Å². The monoisotopic (exact) mass is 208 g/mol. The zero-order valence-corrected chi connectivity index (χ0v) is 11.6. The molecule has 72 valence electrons. The van der Waals surface area contributed by atoms with Crippen LogP contribution in [-0.4, -0.2) is 16.6 Å². The van der Waals surface area contributed by atoms with Crippen LogP contribution in [0.25, 0.3) is 0 Å². The molecule has 0 aromatic heterocycles. The van der Waals surface area contributed by atoms with Gasteiger partial charge in [-0.15, -0.1) is 0 Å². The van der Waals surface area contributed by atoms with E-state index in [1.54, 1.807) is 5.19 Å². The molecule has 0 bridgehead atoms. The van der Waals surface area contributed by atoms with Crippen molar-refractivity contribution in [1.82, 2.24) is 0 Å². The molecule has 1 rings (SSSR count). The maximum absolute atomic E-state index is 2.48. The van der Waals surface area contributed by atoms with Crippen LogP contribution < -0.4 is 5.19 Å². The second-order valence-corrected chi connectivity index (χ2v) is 18.6. The lowest BCUT2D eigenvalue weighted by Crippen LogP contribution is -2.38. The Bertz CT molecular complexity index is 256. The largest absolute Gasteiger partial charge is 0.0717 e. The molecule has 0 heterocycles. The number of benzene rings is 1. The summed E-state index contributed by atoms with van der Waals surface area (Å²) in [6, 6.07) is 9.29. The van der Waals surface area contributed by atoms with Crippen LogP contribution in [0.15, 0.2) is 24.3 Å². The van der Waals surface area contributed by atoms with Crippen LogP contribution in [0.5, 0.6) is 0 Å². The highest BCUT2D eigenvalue weighted by Gasteiger charge is 2.13. The maximum Gasteiger partial charge on any atom is 0.0491 e. The van der Waals surface area contributed by atoms with E-state index in [2.05, 4.69) is 50.8 Å². The molecule has 0 N–H and O–H groups in total.